The zero-order valence-corrected chi connectivity index (χ0v) is 13.3. The topological polar surface area (TPSA) is 34.5 Å². The summed E-state index contributed by atoms with van der Waals surface area (Å²) < 4.78 is 31.8. The highest BCUT2D eigenvalue weighted by atomic mass is 19.3. The van der Waals surface area contributed by atoms with Gasteiger partial charge in [0.2, 0.25) is 0 Å². The Morgan fingerprint density at radius 2 is 1.91 bits per heavy atom. The molecule has 1 aromatic carbocycles. The number of hydrogen-bond acceptors (Lipinski definition) is 3. The number of para-hydroxylation sites is 1. The fraction of sp³-hybridized carbons (Fsp3) is 0.333. The Morgan fingerprint density at radius 1 is 1.17 bits per heavy atom. The molecule has 0 spiro atoms. The van der Waals surface area contributed by atoms with E-state index in [9.17, 15) is 8.78 Å². The van der Waals surface area contributed by atoms with Gasteiger partial charge < -0.3 is 4.74 Å². The molecule has 2 heterocycles. The zero-order valence-electron chi connectivity index (χ0n) is 13.3. The van der Waals surface area contributed by atoms with Crippen LogP contribution < -0.4 is 4.74 Å². The second-order valence-corrected chi connectivity index (χ2v) is 5.76. The summed E-state index contributed by atoms with van der Waals surface area (Å²) >= 11 is 0. The largest absolute Gasteiger partial charge is 0.488 e. The molecule has 2 aromatic rings. The lowest BCUT2D eigenvalue weighted by Crippen LogP contribution is -2.23. The Labute approximate surface area is 134 Å². The summed E-state index contributed by atoms with van der Waals surface area (Å²) in [6, 6.07) is 9.30. The van der Waals surface area contributed by atoms with E-state index in [1.807, 2.05) is 38.1 Å². The van der Waals surface area contributed by atoms with E-state index in [1.165, 1.54) is 6.20 Å². The molecule has 0 saturated heterocycles. The minimum absolute atomic E-state index is 0.0486. The third kappa shape index (κ3) is 2.96. The molecular weight excluding hydrogens is 298 g/mol. The molecule has 0 bridgehead atoms. The van der Waals surface area contributed by atoms with Gasteiger partial charge in [-0.15, -0.1) is 0 Å². The van der Waals surface area contributed by atoms with Crippen LogP contribution in [0.5, 0.6) is 5.75 Å². The molecule has 1 aliphatic rings. The summed E-state index contributed by atoms with van der Waals surface area (Å²) in [5.41, 5.74) is 2.59. The average molecular weight is 316 g/mol. The molecule has 0 saturated carbocycles. The van der Waals surface area contributed by atoms with Gasteiger partial charge in [-0.2, -0.15) is 0 Å². The van der Waals surface area contributed by atoms with Crippen molar-refractivity contribution >= 4 is 5.71 Å². The lowest BCUT2D eigenvalue weighted by atomic mass is 10.0. The highest BCUT2D eigenvalue weighted by Crippen LogP contribution is 2.29. The first kappa shape index (κ1) is 15.6. The summed E-state index contributed by atoms with van der Waals surface area (Å²) in [5, 5.41) is 0. The molecular formula is C18H18F2N2O. The van der Waals surface area contributed by atoms with Crippen molar-refractivity contribution in [3.63, 3.8) is 0 Å². The average Bonchev–Trinajstić information content (AvgIpc) is 2.64. The van der Waals surface area contributed by atoms with E-state index in [-0.39, 0.29) is 17.8 Å². The summed E-state index contributed by atoms with van der Waals surface area (Å²) in [7, 11) is 0. The van der Waals surface area contributed by atoms with Crippen LogP contribution in [0.25, 0.3) is 0 Å². The molecule has 0 fully saturated rings. The first-order valence-corrected chi connectivity index (χ1v) is 7.56. The van der Waals surface area contributed by atoms with Crippen LogP contribution in [0, 0.1) is 6.92 Å². The number of hydrogen-bond donors (Lipinski definition) is 0. The highest BCUT2D eigenvalue weighted by molar-refractivity contribution is 6.14. The molecule has 3 nitrogen and oxygen atoms in total. The number of aliphatic imine (C=N–C) groups is 1. The predicted octanol–water partition coefficient (Wildman–Crippen LogP) is 4.33. The smallest absolute Gasteiger partial charge is 0.280 e. The molecule has 0 amide bonds. The fourth-order valence-electron chi connectivity index (χ4n) is 2.62. The van der Waals surface area contributed by atoms with E-state index < -0.39 is 6.43 Å². The van der Waals surface area contributed by atoms with Gasteiger partial charge in [-0.25, -0.2) is 8.78 Å². The van der Waals surface area contributed by atoms with Crippen LogP contribution >= 0.6 is 0 Å². The van der Waals surface area contributed by atoms with Crippen LogP contribution in [-0.2, 0) is 0 Å². The Bertz CT molecular complexity index is 758. The maximum Gasteiger partial charge on any atom is 0.280 e. The lowest BCUT2D eigenvalue weighted by molar-refractivity contribution is 0.145. The van der Waals surface area contributed by atoms with Crippen molar-refractivity contribution in [2.24, 2.45) is 4.99 Å². The predicted molar refractivity (Wildman–Crippen MR) is 85.6 cm³/mol. The monoisotopic (exact) mass is 316 g/mol. The van der Waals surface area contributed by atoms with Crippen molar-refractivity contribution in [3.05, 3.63) is 58.9 Å². The van der Waals surface area contributed by atoms with E-state index in [2.05, 4.69) is 4.98 Å². The summed E-state index contributed by atoms with van der Waals surface area (Å²) in [5.74, 6) is 0.749. The molecule has 0 unspecified atom stereocenters. The maximum absolute atomic E-state index is 12.9. The van der Waals surface area contributed by atoms with E-state index in [1.54, 1.807) is 13.0 Å². The SMILES string of the molecule is Cc1cc(C2=N[C@@H](C)[C@H](C)Oc3ccccc32)cnc1C(F)F. The minimum Gasteiger partial charge on any atom is -0.488 e. The fourth-order valence-corrected chi connectivity index (χ4v) is 2.62. The number of alkyl halides is 2. The molecule has 120 valence electrons. The molecule has 1 aromatic heterocycles. The van der Waals surface area contributed by atoms with Crippen molar-refractivity contribution in [2.75, 3.05) is 0 Å². The third-order valence-electron chi connectivity index (χ3n) is 4.07. The van der Waals surface area contributed by atoms with Crippen LogP contribution in [-0.4, -0.2) is 22.8 Å². The van der Waals surface area contributed by atoms with Crippen LogP contribution in [0.3, 0.4) is 0 Å². The molecule has 3 rings (SSSR count). The number of rotatable bonds is 2. The number of nitrogens with zero attached hydrogens (tertiary/aromatic N) is 2. The van der Waals surface area contributed by atoms with Gasteiger partial charge in [0, 0.05) is 17.3 Å². The number of benzene rings is 1. The lowest BCUT2D eigenvalue weighted by Gasteiger charge is -2.15. The van der Waals surface area contributed by atoms with Crippen molar-refractivity contribution in [1.29, 1.82) is 0 Å². The van der Waals surface area contributed by atoms with Gasteiger partial charge in [0.15, 0.2) is 0 Å². The van der Waals surface area contributed by atoms with Gasteiger partial charge in [0.25, 0.3) is 6.43 Å². The standard InChI is InChI=1S/C18H18F2N2O/c1-10-8-13(9-21-16(10)18(19)20)17-14-6-4-5-7-15(14)23-12(3)11(2)22-17/h4-9,11-12,18H,1-3H3/t11-,12-/m0/s1. The highest BCUT2D eigenvalue weighted by Gasteiger charge is 2.24. The number of fused-ring (bicyclic) bond motifs is 1. The van der Waals surface area contributed by atoms with Crippen LogP contribution in [0.1, 0.15) is 42.7 Å². The van der Waals surface area contributed by atoms with Crippen molar-refractivity contribution in [2.45, 2.75) is 39.3 Å². The quantitative estimate of drug-likeness (QED) is 0.826. The molecule has 0 aliphatic carbocycles. The van der Waals surface area contributed by atoms with E-state index in [4.69, 9.17) is 9.73 Å². The van der Waals surface area contributed by atoms with E-state index in [0.717, 1.165) is 22.6 Å². The molecule has 0 N–H and O–H groups in total. The second-order valence-electron chi connectivity index (χ2n) is 5.76. The molecule has 23 heavy (non-hydrogen) atoms. The normalized spacial score (nSPS) is 20.5. The molecule has 2 atom stereocenters. The zero-order chi connectivity index (χ0) is 16.6. The number of ether oxygens (including phenoxy) is 1. The Kier molecular flexibility index (Phi) is 4.11. The van der Waals surface area contributed by atoms with E-state index >= 15 is 0 Å². The van der Waals surface area contributed by atoms with Crippen LogP contribution in [0.2, 0.25) is 0 Å². The number of pyridine rings is 1. The first-order chi connectivity index (χ1) is 11.0. The Balaban J connectivity index is 2.14. The van der Waals surface area contributed by atoms with E-state index in [0.29, 0.717) is 5.56 Å². The van der Waals surface area contributed by atoms with Crippen molar-refractivity contribution in [1.82, 2.24) is 4.98 Å². The molecule has 1 aliphatic heterocycles. The van der Waals surface area contributed by atoms with Gasteiger partial charge in [-0.3, -0.25) is 9.98 Å². The minimum atomic E-state index is -2.57. The van der Waals surface area contributed by atoms with Gasteiger partial charge >= 0.3 is 0 Å². The summed E-state index contributed by atoms with van der Waals surface area (Å²) in [6.07, 6.45) is -1.18. The van der Waals surface area contributed by atoms with Crippen molar-refractivity contribution < 1.29 is 13.5 Å². The second kappa shape index (κ2) is 6.07. The van der Waals surface area contributed by atoms with Crippen LogP contribution in [0.15, 0.2) is 41.5 Å². The maximum atomic E-state index is 12.9. The van der Waals surface area contributed by atoms with Gasteiger partial charge in [-0.05, 0) is 44.5 Å². The first-order valence-electron chi connectivity index (χ1n) is 7.56. The van der Waals surface area contributed by atoms with Crippen molar-refractivity contribution in [3.8, 4) is 5.75 Å². The Morgan fingerprint density at radius 3 is 2.61 bits per heavy atom. The van der Waals surface area contributed by atoms with Crippen LogP contribution in [0.4, 0.5) is 8.78 Å². The number of halogens is 2. The molecule has 5 heteroatoms. The van der Waals surface area contributed by atoms with Gasteiger partial charge in [0.05, 0.1) is 11.8 Å². The third-order valence-corrected chi connectivity index (χ3v) is 4.07. The number of aromatic nitrogens is 1. The molecule has 0 radical (unpaired) electrons. The summed E-state index contributed by atoms with van der Waals surface area (Å²) in [4.78, 5) is 8.68. The number of aryl methyl sites for hydroxylation is 1. The Hall–Kier alpha value is -2.30. The summed E-state index contributed by atoms with van der Waals surface area (Å²) in [6.45, 7) is 5.59. The van der Waals surface area contributed by atoms with Gasteiger partial charge in [0.1, 0.15) is 17.5 Å². The van der Waals surface area contributed by atoms with Gasteiger partial charge in [-0.1, -0.05) is 12.1 Å².